The van der Waals surface area contributed by atoms with Crippen LogP contribution < -0.4 is 10.9 Å². The number of amides is 1. The minimum atomic E-state index is -0.426. The monoisotopic (exact) mass is 345 g/mol. The van der Waals surface area contributed by atoms with Gasteiger partial charge in [-0.25, -0.2) is 0 Å². The summed E-state index contributed by atoms with van der Waals surface area (Å²) in [4.78, 5) is 26.4. The number of benzene rings is 1. The number of phenolic OH excluding ortho intramolecular Hbond substituents is 1. The number of aromatic hydroxyl groups is 1. The third-order valence-corrected chi connectivity index (χ3v) is 3.99. The van der Waals surface area contributed by atoms with Crippen LogP contribution >= 0.6 is 11.6 Å². The van der Waals surface area contributed by atoms with Crippen LogP contribution in [0.2, 0.25) is 5.02 Å². The van der Waals surface area contributed by atoms with Crippen LogP contribution in [0.15, 0.2) is 23.0 Å². The van der Waals surface area contributed by atoms with Gasteiger partial charge in [0.05, 0.1) is 5.69 Å². The highest BCUT2D eigenvalue weighted by Crippen LogP contribution is 2.26. The quantitative estimate of drug-likeness (QED) is 0.741. The van der Waals surface area contributed by atoms with E-state index in [0.717, 1.165) is 5.56 Å². The molecule has 2 aromatic rings. The third-order valence-electron chi connectivity index (χ3n) is 3.75. The predicted octanol–water partition coefficient (Wildman–Crippen LogP) is 2.79. The Bertz CT molecular complexity index is 897. The number of nitrogens with one attached hydrogen (secondary N) is 2. The molecule has 0 fully saturated rings. The number of phenols is 1. The molecular formula is C17H16ClN3O3. The maximum atomic E-state index is 12.1. The number of H-pyrrole nitrogens is 1. The summed E-state index contributed by atoms with van der Waals surface area (Å²) in [6.07, 6.45) is 0.487. The molecule has 0 bridgehead atoms. The van der Waals surface area contributed by atoms with E-state index >= 15 is 0 Å². The summed E-state index contributed by atoms with van der Waals surface area (Å²) in [6.45, 7) is 3.42. The molecule has 24 heavy (non-hydrogen) atoms. The van der Waals surface area contributed by atoms with Gasteiger partial charge in [-0.05, 0) is 49.6 Å². The number of pyridine rings is 1. The largest absolute Gasteiger partial charge is 0.506 e. The van der Waals surface area contributed by atoms with Crippen molar-refractivity contribution in [2.24, 2.45) is 0 Å². The van der Waals surface area contributed by atoms with Gasteiger partial charge in [-0.1, -0.05) is 11.6 Å². The van der Waals surface area contributed by atoms with E-state index in [4.69, 9.17) is 16.9 Å². The summed E-state index contributed by atoms with van der Waals surface area (Å²) in [5.74, 6) is -0.382. The smallest absolute Gasteiger partial charge is 0.266 e. The van der Waals surface area contributed by atoms with Crippen molar-refractivity contribution in [2.45, 2.75) is 26.7 Å². The number of aromatic nitrogens is 1. The van der Waals surface area contributed by atoms with Crippen LogP contribution in [-0.2, 0) is 11.2 Å². The lowest BCUT2D eigenvalue weighted by molar-refractivity contribution is -0.116. The molecule has 3 N–H and O–H groups in total. The molecule has 2 rings (SSSR count). The molecule has 0 spiro atoms. The first-order valence-corrected chi connectivity index (χ1v) is 7.62. The number of hydrogen-bond acceptors (Lipinski definition) is 4. The van der Waals surface area contributed by atoms with E-state index in [1.807, 2.05) is 6.07 Å². The lowest BCUT2D eigenvalue weighted by Crippen LogP contribution is -2.18. The van der Waals surface area contributed by atoms with Gasteiger partial charge in [0.25, 0.3) is 5.56 Å². The Morgan fingerprint density at radius 2 is 2.12 bits per heavy atom. The van der Waals surface area contributed by atoms with Crippen molar-refractivity contribution in [3.05, 3.63) is 56.0 Å². The van der Waals surface area contributed by atoms with E-state index in [1.165, 1.54) is 18.2 Å². The van der Waals surface area contributed by atoms with Crippen LogP contribution in [0.4, 0.5) is 5.69 Å². The van der Waals surface area contributed by atoms with Crippen molar-refractivity contribution in [1.82, 2.24) is 4.98 Å². The van der Waals surface area contributed by atoms with E-state index in [0.29, 0.717) is 22.7 Å². The molecule has 1 amide bonds. The lowest BCUT2D eigenvalue weighted by atomic mass is 9.99. The van der Waals surface area contributed by atoms with Gasteiger partial charge in [-0.15, -0.1) is 0 Å². The zero-order valence-corrected chi connectivity index (χ0v) is 14.0. The van der Waals surface area contributed by atoms with Gasteiger partial charge < -0.3 is 15.4 Å². The number of halogens is 1. The van der Waals surface area contributed by atoms with Gasteiger partial charge in [0, 0.05) is 17.1 Å². The van der Waals surface area contributed by atoms with Gasteiger partial charge in [-0.3, -0.25) is 9.59 Å². The summed E-state index contributed by atoms with van der Waals surface area (Å²) in [5, 5.41) is 21.7. The minimum Gasteiger partial charge on any atom is -0.506 e. The maximum Gasteiger partial charge on any atom is 0.266 e. The van der Waals surface area contributed by atoms with E-state index in [-0.39, 0.29) is 29.3 Å². The minimum absolute atomic E-state index is 0.0588. The van der Waals surface area contributed by atoms with E-state index in [1.54, 1.807) is 13.8 Å². The van der Waals surface area contributed by atoms with Crippen LogP contribution in [0.5, 0.6) is 5.75 Å². The average molecular weight is 346 g/mol. The molecule has 0 aliphatic carbocycles. The van der Waals surface area contributed by atoms with Crippen LogP contribution in [0.1, 0.15) is 28.8 Å². The van der Waals surface area contributed by atoms with E-state index in [2.05, 4.69) is 10.3 Å². The topological polar surface area (TPSA) is 106 Å². The molecule has 6 nitrogen and oxygen atoms in total. The van der Waals surface area contributed by atoms with Gasteiger partial charge in [0.2, 0.25) is 5.91 Å². The maximum absolute atomic E-state index is 12.1. The molecule has 1 aromatic carbocycles. The number of nitriles is 1. The molecule has 1 aromatic heterocycles. The normalized spacial score (nSPS) is 10.2. The van der Waals surface area contributed by atoms with Crippen molar-refractivity contribution >= 4 is 23.2 Å². The summed E-state index contributed by atoms with van der Waals surface area (Å²) in [7, 11) is 0. The fraction of sp³-hybridized carbons (Fsp3) is 0.235. The second-order valence-corrected chi connectivity index (χ2v) is 5.82. The van der Waals surface area contributed by atoms with Crippen LogP contribution in [-0.4, -0.2) is 16.0 Å². The Balaban J connectivity index is 2.14. The number of aromatic amines is 1. The summed E-state index contributed by atoms with van der Waals surface area (Å²) in [6, 6.07) is 6.25. The summed E-state index contributed by atoms with van der Waals surface area (Å²) in [5.41, 5.74) is 1.84. The molecule has 0 aliphatic rings. The molecule has 0 atom stereocenters. The first-order valence-electron chi connectivity index (χ1n) is 7.24. The highest BCUT2D eigenvalue weighted by Gasteiger charge is 2.14. The number of hydrogen-bond donors (Lipinski definition) is 3. The predicted molar refractivity (Wildman–Crippen MR) is 91.3 cm³/mol. The van der Waals surface area contributed by atoms with Crippen molar-refractivity contribution in [3.8, 4) is 11.8 Å². The molecule has 0 saturated heterocycles. The standard InChI is InChI=1S/C17H16ClN3O3/c1-9-12(10(2)20-17(24)13(9)8-19)4-6-16(23)21-14-7-11(18)3-5-15(14)22/h3,5,7,22H,4,6H2,1-2H3,(H,20,24)(H,21,23). The van der Waals surface area contributed by atoms with E-state index < -0.39 is 5.56 Å². The van der Waals surface area contributed by atoms with Gasteiger partial charge in [0.15, 0.2) is 0 Å². The van der Waals surface area contributed by atoms with E-state index in [9.17, 15) is 14.7 Å². The molecule has 7 heteroatoms. The highest BCUT2D eigenvalue weighted by atomic mass is 35.5. The summed E-state index contributed by atoms with van der Waals surface area (Å²) >= 11 is 5.84. The fourth-order valence-electron chi connectivity index (χ4n) is 2.48. The number of rotatable bonds is 4. The highest BCUT2D eigenvalue weighted by molar-refractivity contribution is 6.31. The first kappa shape index (κ1) is 17.6. The molecule has 0 saturated carbocycles. The first-order chi connectivity index (χ1) is 11.3. The molecule has 0 radical (unpaired) electrons. The Morgan fingerprint density at radius 1 is 1.42 bits per heavy atom. The molecular weight excluding hydrogens is 330 g/mol. The Hall–Kier alpha value is -2.78. The number of anilines is 1. The number of nitrogens with zero attached hydrogens (tertiary/aromatic N) is 1. The van der Waals surface area contributed by atoms with Crippen LogP contribution in [0.25, 0.3) is 0 Å². The van der Waals surface area contributed by atoms with Gasteiger partial charge in [-0.2, -0.15) is 5.26 Å². The Morgan fingerprint density at radius 3 is 2.79 bits per heavy atom. The Kier molecular flexibility index (Phi) is 5.27. The van der Waals surface area contributed by atoms with Crippen LogP contribution in [0, 0.1) is 25.2 Å². The van der Waals surface area contributed by atoms with Crippen molar-refractivity contribution in [1.29, 1.82) is 5.26 Å². The zero-order chi connectivity index (χ0) is 17.9. The fourth-order valence-corrected chi connectivity index (χ4v) is 2.65. The second kappa shape index (κ2) is 7.20. The lowest BCUT2D eigenvalue weighted by Gasteiger charge is -2.11. The average Bonchev–Trinajstić information content (AvgIpc) is 2.50. The number of aryl methyl sites for hydroxylation is 1. The van der Waals surface area contributed by atoms with Gasteiger partial charge >= 0.3 is 0 Å². The van der Waals surface area contributed by atoms with Crippen molar-refractivity contribution in [3.63, 3.8) is 0 Å². The molecule has 0 unspecified atom stereocenters. The second-order valence-electron chi connectivity index (χ2n) is 5.38. The molecule has 124 valence electrons. The zero-order valence-electron chi connectivity index (χ0n) is 13.2. The number of carbonyl (C=O) groups is 1. The Labute approximate surface area is 143 Å². The van der Waals surface area contributed by atoms with Crippen molar-refractivity contribution < 1.29 is 9.90 Å². The van der Waals surface area contributed by atoms with Crippen LogP contribution in [0.3, 0.4) is 0 Å². The molecule has 0 aliphatic heterocycles. The number of carbonyl (C=O) groups excluding carboxylic acids is 1. The molecule has 1 heterocycles. The summed E-state index contributed by atoms with van der Waals surface area (Å²) < 4.78 is 0. The third kappa shape index (κ3) is 3.76. The van der Waals surface area contributed by atoms with Gasteiger partial charge in [0.1, 0.15) is 17.4 Å². The van der Waals surface area contributed by atoms with Crippen molar-refractivity contribution in [2.75, 3.05) is 5.32 Å². The SMILES string of the molecule is Cc1[nH]c(=O)c(C#N)c(C)c1CCC(=O)Nc1cc(Cl)ccc1O.